The first-order chi connectivity index (χ1) is 16.7. The van der Waals surface area contributed by atoms with Gasteiger partial charge in [0.15, 0.2) is 0 Å². The lowest BCUT2D eigenvalue weighted by Gasteiger charge is -2.11. The van der Waals surface area contributed by atoms with Crippen molar-refractivity contribution in [3.8, 4) is 11.1 Å². The van der Waals surface area contributed by atoms with Gasteiger partial charge in [-0.25, -0.2) is 13.2 Å². The molecule has 4 rings (SSSR count). The summed E-state index contributed by atoms with van der Waals surface area (Å²) in [5.41, 5.74) is 4.45. The average Bonchev–Trinajstić information content (AvgIpc) is 3.29. The number of primary amides is 1. The number of benzene rings is 3. The van der Waals surface area contributed by atoms with E-state index in [1.54, 1.807) is 0 Å². The van der Waals surface area contributed by atoms with E-state index in [9.17, 15) is 23.2 Å². The third-order valence-corrected chi connectivity index (χ3v) is 4.99. The summed E-state index contributed by atoms with van der Waals surface area (Å²) in [6, 6.07) is 12.6. The highest BCUT2D eigenvalue weighted by Crippen LogP contribution is 2.28. The number of nitrogens with two attached hydrogens (primary N) is 1. The number of amides is 3. The van der Waals surface area contributed by atoms with Crippen LogP contribution in [0, 0.1) is 17.5 Å². The van der Waals surface area contributed by atoms with Crippen LogP contribution in [0.15, 0.2) is 66.9 Å². The van der Waals surface area contributed by atoms with Gasteiger partial charge in [-0.05, 0) is 54.1 Å². The van der Waals surface area contributed by atoms with Gasteiger partial charge >= 0.3 is 0 Å². The second-order valence-corrected chi connectivity index (χ2v) is 7.30. The van der Waals surface area contributed by atoms with Crippen LogP contribution in [0.1, 0.15) is 31.2 Å². The van der Waals surface area contributed by atoms with Crippen LogP contribution in [-0.2, 0) is 0 Å². The first-order valence-corrected chi connectivity index (χ1v) is 10.0. The molecular formula is C24H16F3N5O3. The van der Waals surface area contributed by atoms with Crippen molar-refractivity contribution in [2.45, 2.75) is 0 Å². The number of nitrogens with zero attached hydrogens (tertiary/aromatic N) is 1. The normalized spacial score (nSPS) is 10.6. The molecule has 0 unspecified atom stereocenters. The van der Waals surface area contributed by atoms with Crippen LogP contribution in [-0.4, -0.2) is 27.9 Å². The van der Waals surface area contributed by atoms with Gasteiger partial charge in [0.25, 0.3) is 11.8 Å². The van der Waals surface area contributed by atoms with Crippen LogP contribution in [0.2, 0.25) is 0 Å². The zero-order valence-electron chi connectivity index (χ0n) is 17.7. The Kier molecular flexibility index (Phi) is 6.32. The van der Waals surface area contributed by atoms with Crippen molar-refractivity contribution in [2.75, 3.05) is 10.6 Å². The van der Waals surface area contributed by atoms with E-state index in [1.165, 1.54) is 36.4 Å². The zero-order valence-corrected chi connectivity index (χ0v) is 17.7. The quantitative estimate of drug-likeness (QED) is 0.332. The van der Waals surface area contributed by atoms with Gasteiger partial charge in [0.2, 0.25) is 5.91 Å². The third-order valence-electron chi connectivity index (χ3n) is 4.99. The zero-order chi connectivity index (χ0) is 25.1. The summed E-state index contributed by atoms with van der Waals surface area (Å²) in [5.74, 6) is -5.46. The lowest BCUT2D eigenvalue weighted by Crippen LogP contribution is -2.20. The van der Waals surface area contributed by atoms with Gasteiger partial charge in [0, 0.05) is 16.8 Å². The Balaban J connectivity index is 1.61. The molecule has 0 aliphatic carbocycles. The second kappa shape index (κ2) is 9.51. The molecule has 0 aliphatic rings. The highest BCUT2D eigenvalue weighted by Gasteiger charge is 2.24. The molecule has 11 heteroatoms. The fourth-order valence-corrected chi connectivity index (χ4v) is 3.29. The van der Waals surface area contributed by atoms with E-state index in [2.05, 4.69) is 20.8 Å². The van der Waals surface area contributed by atoms with Gasteiger partial charge < -0.3 is 16.4 Å². The fraction of sp³-hybridized carbons (Fsp3) is 0. The van der Waals surface area contributed by atoms with Gasteiger partial charge in [-0.2, -0.15) is 5.10 Å². The van der Waals surface area contributed by atoms with Crippen LogP contribution >= 0.6 is 0 Å². The number of rotatable bonds is 6. The molecule has 5 N–H and O–H groups in total. The number of hydrogen-bond donors (Lipinski definition) is 4. The molecule has 0 atom stereocenters. The molecule has 0 spiro atoms. The van der Waals surface area contributed by atoms with E-state index in [1.807, 2.05) is 0 Å². The molecule has 1 aromatic heterocycles. The molecule has 4 aromatic rings. The highest BCUT2D eigenvalue weighted by molar-refractivity contribution is 6.11. The van der Waals surface area contributed by atoms with Gasteiger partial charge in [-0.1, -0.05) is 12.1 Å². The number of anilines is 2. The van der Waals surface area contributed by atoms with E-state index in [0.29, 0.717) is 0 Å². The number of halogens is 3. The van der Waals surface area contributed by atoms with Crippen LogP contribution in [0.5, 0.6) is 0 Å². The largest absolute Gasteiger partial charge is 0.366 e. The first kappa shape index (κ1) is 23.2. The van der Waals surface area contributed by atoms with Crippen LogP contribution in [0.25, 0.3) is 11.1 Å². The highest BCUT2D eigenvalue weighted by atomic mass is 19.1. The van der Waals surface area contributed by atoms with Gasteiger partial charge in [0.1, 0.15) is 28.7 Å². The SMILES string of the molecule is NC(=O)c1cccc(-c2ccc(F)c(C(=O)Nc3cn[nH]c3C(=O)Nc3ccc(F)cc3)c2F)c1. The van der Waals surface area contributed by atoms with Crippen molar-refractivity contribution in [1.82, 2.24) is 10.2 Å². The van der Waals surface area contributed by atoms with Crippen molar-refractivity contribution in [2.24, 2.45) is 5.73 Å². The number of H-pyrrole nitrogens is 1. The van der Waals surface area contributed by atoms with E-state index in [0.717, 1.165) is 30.5 Å². The Morgan fingerprint density at radius 1 is 0.886 bits per heavy atom. The Bertz CT molecular complexity index is 1450. The molecule has 1 heterocycles. The summed E-state index contributed by atoms with van der Waals surface area (Å²) in [5, 5.41) is 10.8. The van der Waals surface area contributed by atoms with Crippen molar-refractivity contribution in [3.63, 3.8) is 0 Å². The molecule has 3 aromatic carbocycles. The molecule has 0 aliphatic heterocycles. The lowest BCUT2D eigenvalue weighted by molar-refractivity contribution is 0.0994. The van der Waals surface area contributed by atoms with Gasteiger partial charge in [-0.3, -0.25) is 19.5 Å². The number of carbonyl (C=O) groups excluding carboxylic acids is 3. The summed E-state index contributed by atoms with van der Waals surface area (Å²) < 4.78 is 42.8. The Hall–Kier alpha value is -4.93. The smallest absolute Gasteiger partial charge is 0.275 e. The minimum Gasteiger partial charge on any atom is -0.366 e. The van der Waals surface area contributed by atoms with Crippen LogP contribution in [0.4, 0.5) is 24.5 Å². The Morgan fingerprint density at radius 2 is 1.63 bits per heavy atom. The third kappa shape index (κ3) is 4.88. The predicted octanol–water partition coefficient (Wildman–Crippen LogP) is 4.10. The van der Waals surface area contributed by atoms with Crippen molar-refractivity contribution >= 4 is 29.1 Å². The summed E-state index contributed by atoms with van der Waals surface area (Å²) in [6.07, 6.45) is 1.09. The molecule has 176 valence electrons. The van der Waals surface area contributed by atoms with Gasteiger partial charge in [0.05, 0.1) is 11.9 Å². The molecule has 0 saturated carbocycles. The maximum Gasteiger partial charge on any atom is 0.275 e. The monoisotopic (exact) mass is 479 g/mol. The maximum atomic E-state index is 15.3. The molecular weight excluding hydrogens is 463 g/mol. The summed E-state index contributed by atoms with van der Waals surface area (Å²) in [7, 11) is 0. The van der Waals surface area contributed by atoms with E-state index < -0.39 is 40.7 Å². The molecule has 3 amide bonds. The predicted molar refractivity (Wildman–Crippen MR) is 121 cm³/mol. The minimum atomic E-state index is -1.18. The Labute approximate surface area is 196 Å². The van der Waals surface area contributed by atoms with E-state index in [-0.39, 0.29) is 33.8 Å². The second-order valence-electron chi connectivity index (χ2n) is 7.30. The van der Waals surface area contributed by atoms with Crippen molar-refractivity contribution < 1.29 is 27.6 Å². The topological polar surface area (TPSA) is 130 Å². The fourth-order valence-electron chi connectivity index (χ4n) is 3.29. The molecule has 0 bridgehead atoms. The molecule has 35 heavy (non-hydrogen) atoms. The van der Waals surface area contributed by atoms with E-state index in [4.69, 9.17) is 5.73 Å². The number of nitrogens with one attached hydrogen (secondary N) is 3. The average molecular weight is 479 g/mol. The summed E-state index contributed by atoms with van der Waals surface area (Å²) in [6.45, 7) is 0. The summed E-state index contributed by atoms with van der Waals surface area (Å²) in [4.78, 5) is 36.8. The maximum absolute atomic E-state index is 15.3. The standard InChI is InChI=1S/C24H16F3N5O3/c25-14-4-6-15(7-5-14)30-24(35)21-18(11-29-32-21)31-23(34)19-17(26)9-8-16(20(19)27)12-2-1-3-13(10-12)22(28)33/h1-11H,(H2,28,33)(H,29,32)(H,30,35)(H,31,34). The number of aromatic amines is 1. The molecule has 0 saturated heterocycles. The lowest BCUT2D eigenvalue weighted by atomic mass is 9.99. The first-order valence-electron chi connectivity index (χ1n) is 10.0. The molecule has 0 fully saturated rings. The number of aromatic nitrogens is 2. The molecule has 0 radical (unpaired) electrons. The van der Waals surface area contributed by atoms with Crippen LogP contribution < -0.4 is 16.4 Å². The molecule has 8 nitrogen and oxygen atoms in total. The number of hydrogen-bond acceptors (Lipinski definition) is 4. The summed E-state index contributed by atoms with van der Waals surface area (Å²) >= 11 is 0. The van der Waals surface area contributed by atoms with Gasteiger partial charge in [-0.15, -0.1) is 0 Å². The Morgan fingerprint density at radius 3 is 2.34 bits per heavy atom. The van der Waals surface area contributed by atoms with Crippen LogP contribution in [0.3, 0.4) is 0 Å². The minimum absolute atomic E-state index is 0.104. The van der Waals surface area contributed by atoms with Crippen molar-refractivity contribution in [3.05, 3.63) is 101 Å². The van der Waals surface area contributed by atoms with E-state index >= 15 is 4.39 Å². The number of carbonyl (C=O) groups is 3. The van der Waals surface area contributed by atoms with Crippen molar-refractivity contribution in [1.29, 1.82) is 0 Å².